The largest absolute Gasteiger partial charge is 0.379 e. The molecule has 1 fully saturated rings. The van der Waals surface area contributed by atoms with Crippen molar-refractivity contribution in [2.24, 2.45) is 0 Å². The number of hydrogen-bond acceptors (Lipinski definition) is 3. The fourth-order valence-electron chi connectivity index (χ4n) is 3.34. The van der Waals surface area contributed by atoms with Crippen LogP contribution in [0, 0.1) is 13.8 Å². The van der Waals surface area contributed by atoms with E-state index in [-0.39, 0.29) is 6.03 Å². The van der Waals surface area contributed by atoms with E-state index in [0.717, 1.165) is 44.0 Å². The molecule has 0 unspecified atom stereocenters. The number of urea groups is 1. The Bertz CT molecular complexity index is 770. The lowest BCUT2D eigenvalue weighted by molar-refractivity contribution is 0.0341. The maximum Gasteiger partial charge on any atom is 0.315 e. The molecule has 27 heavy (non-hydrogen) atoms. The first-order valence-electron chi connectivity index (χ1n) is 9.56. The van der Waals surface area contributed by atoms with Crippen molar-refractivity contribution in [3.8, 4) is 0 Å². The smallest absolute Gasteiger partial charge is 0.315 e. The molecule has 2 aromatic rings. The number of nitrogens with zero attached hydrogens (tertiary/aromatic N) is 1. The Morgan fingerprint density at radius 1 is 0.963 bits per heavy atom. The number of rotatable bonds is 6. The third-order valence-electron chi connectivity index (χ3n) is 4.99. The first-order valence-corrected chi connectivity index (χ1v) is 9.56. The Hall–Kier alpha value is -2.37. The van der Waals surface area contributed by atoms with Crippen LogP contribution in [0.1, 0.15) is 27.8 Å². The molecule has 0 bridgehead atoms. The van der Waals surface area contributed by atoms with E-state index in [0.29, 0.717) is 13.1 Å². The fourth-order valence-corrected chi connectivity index (χ4v) is 3.34. The summed E-state index contributed by atoms with van der Waals surface area (Å²) < 4.78 is 5.42. The Morgan fingerprint density at radius 2 is 1.63 bits per heavy atom. The van der Waals surface area contributed by atoms with Crippen molar-refractivity contribution in [1.82, 2.24) is 15.5 Å². The van der Waals surface area contributed by atoms with E-state index in [9.17, 15) is 4.79 Å². The predicted molar refractivity (Wildman–Crippen MR) is 108 cm³/mol. The topological polar surface area (TPSA) is 53.6 Å². The summed E-state index contributed by atoms with van der Waals surface area (Å²) in [5.41, 5.74) is 5.99. The molecule has 0 aromatic heterocycles. The second-order valence-corrected chi connectivity index (χ2v) is 7.12. The monoisotopic (exact) mass is 367 g/mol. The van der Waals surface area contributed by atoms with Crippen LogP contribution in [0.4, 0.5) is 4.79 Å². The summed E-state index contributed by atoms with van der Waals surface area (Å²) in [7, 11) is 0. The number of nitrogens with one attached hydrogen (secondary N) is 2. The van der Waals surface area contributed by atoms with Gasteiger partial charge in [-0.1, -0.05) is 48.0 Å². The van der Waals surface area contributed by atoms with Crippen molar-refractivity contribution < 1.29 is 9.53 Å². The van der Waals surface area contributed by atoms with Crippen LogP contribution in [-0.4, -0.2) is 37.2 Å². The lowest BCUT2D eigenvalue weighted by Gasteiger charge is -2.27. The second-order valence-electron chi connectivity index (χ2n) is 7.12. The second kappa shape index (κ2) is 9.53. The molecular weight excluding hydrogens is 338 g/mol. The van der Waals surface area contributed by atoms with Gasteiger partial charge < -0.3 is 15.4 Å². The molecule has 5 nitrogen and oxygen atoms in total. The van der Waals surface area contributed by atoms with Crippen molar-refractivity contribution >= 4 is 6.03 Å². The maximum absolute atomic E-state index is 12.2. The number of morpholine rings is 1. The van der Waals surface area contributed by atoms with Crippen LogP contribution in [0.5, 0.6) is 0 Å². The third kappa shape index (κ3) is 5.81. The van der Waals surface area contributed by atoms with Gasteiger partial charge in [0.15, 0.2) is 0 Å². The number of carbonyl (C=O) groups excluding carboxylic acids is 1. The van der Waals surface area contributed by atoms with Gasteiger partial charge in [0.25, 0.3) is 0 Å². The van der Waals surface area contributed by atoms with Crippen molar-refractivity contribution in [2.45, 2.75) is 33.5 Å². The molecule has 1 aliphatic heterocycles. The van der Waals surface area contributed by atoms with Crippen LogP contribution in [0.15, 0.2) is 42.5 Å². The number of ether oxygens (including phenoxy) is 1. The van der Waals surface area contributed by atoms with Crippen LogP contribution >= 0.6 is 0 Å². The molecule has 0 spiro atoms. The average molecular weight is 367 g/mol. The van der Waals surface area contributed by atoms with E-state index < -0.39 is 0 Å². The van der Waals surface area contributed by atoms with Gasteiger partial charge in [0.1, 0.15) is 0 Å². The zero-order chi connectivity index (χ0) is 19.1. The number of benzene rings is 2. The third-order valence-corrected chi connectivity index (χ3v) is 4.99. The molecule has 2 amide bonds. The molecule has 0 aliphatic carbocycles. The van der Waals surface area contributed by atoms with Gasteiger partial charge in [-0.3, -0.25) is 4.90 Å². The molecule has 0 saturated carbocycles. The zero-order valence-corrected chi connectivity index (χ0v) is 16.3. The summed E-state index contributed by atoms with van der Waals surface area (Å²) >= 11 is 0. The minimum absolute atomic E-state index is 0.142. The molecular formula is C22H29N3O2. The van der Waals surface area contributed by atoms with Crippen LogP contribution in [0.25, 0.3) is 0 Å². The number of amides is 2. The molecule has 1 aliphatic rings. The van der Waals surface area contributed by atoms with Crippen molar-refractivity contribution in [3.05, 3.63) is 70.3 Å². The molecule has 0 atom stereocenters. The van der Waals surface area contributed by atoms with E-state index >= 15 is 0 Å². The molecule has 1 heterocycles. The summed E-state index contributed by atoms with van der Waals surface area (Å²) in [6.07, 6.45) is 0. The summed E-state index contributed by atoms with van der Waals surface area (Å²) in [6.45, 7) is 9.60. The average Bonchev–Trinajstić information content (AvgIpc) is 2.67. The molecule has 2 aromatic carbocycles. The van der Waals surface area contributed by atoms with E-state index in [1.807, 2.05) is 6.07 Å². The van der Waals surface area contributed by atoms with Crippen molar-refractivity contribution in [2.75, 3.05) is 26.3 Å². The Balaban J connectivity index is 1.51. The van der Waals surface area contributed by atoms with Crippen molar-refractivity contribution in [3.63, 3.8) is 0 Å². The minimum Gasteiger partial charge on any atom is -0.379 e. The summed E-state index contributed by atoms with van der Waals surface area (Å²) in [5.74, 6) is 0. The number of aryl methyl sites for hydroxylation is 2. The molecule has 0 radical (unpaired) electrons. The standard InChI is InChI=1S/C22H29N3O2/c1-17-7-8-19(18(2)13-17)14-23-22(26)24-15-20-5-3-4-6-21(20)16-25-9-11-27-12-10-25/h3-8,13H,9-12,14-16H2,1-2H3,(H2,23,24,26). The Morgan fingerprint density at radius 3 is 2.33 bits per heavy atom. The van der Waals surface area contributed by atoms with Gasteiger partial charge in [-0.05, 0) is 36.1 Å². The molecule has 3 rings (SSSR count). The van der Waals surface area contributed by atoms with Gasteiger partial charge in [-0.25, -0.2) is 4.79 Å². The summed E-state index contributed by atoms with van der Waals surface area (Å²) in [5, 5.41) is 5.94. The molecule has 5 heteroatoms. The van der Waals surface area contributed by atoms with E-state index in [1.54, 1.807) is 0 Å². The van der Waals surface area contributed by atoms with E-state index in [1.165, 1.54) is 16.7 Å². The van der Waals surface area contributed by atoms with E-state index in [2.05, 4.69) is 65.8 Å². The Labute approximate surface area is 161 Å². The highest BCUT2D eigenvalue weighted by Crippen LogP contribution is 2.13. The maximum atomic E-state index is 12.2. The minimum atomic E-state index is -0.142. The van der Waals surface area contributed by atoms with Gasteiger partial charge >= 0.3 is 6.03 Å². The van der Waals surface area contributed by atoms with Gasteiger partial charge in [-0.2, -0.15) is 0 Å². The van der Waals surface area contributed by atoms with Crippen LogP contribution in [-0.2, 0) is 24.4 Å². The highest BCUT2D eigenvalue weighted by atomic mass is 16.5. The molecule has 2 N–H and O–H groups in total. The molecule has 144 valence electrons. The lowest BCUT2D eigenvalue weighted by Crippen LogP contribution is -2.37. The predicted octanol–water partition coefficient (Wildman–Crippen LogP) is 3.14. The van der Waals surface area contributed by atoms with Crippen molar-refractivity contribution in [1.29, 1.82) is 0 Å². The summed E-state index contributed by atoms with van der Waals surface area (Å²) in [4.78, 5) is 14.6. The number of hydrogen-bond donors (Lipinski definition) is 2. The van der Waals surface area contributed by atoms with Gasteiger partial charge in [0.05, 0.1) is 13.2 Å². The molecule has 1 saturated heterocycles. The number of carbonyl (C=O) groups is 1. The Kier molecular flexibility index (Phi) is 6.85. The SMILES string of the molecule is Cc1ccc(CNC(=O)NCc2ccccc2CN2CCOCC2)c(C)c1. The lowest BCUT2D eigenvalue weighted by atomic mass is 10.1. The van der Waals surface area contributed by atoms with Crippen LogP contribution in [0.3, 0.4) is 0 Å². The highest BCUT2D eigenvalue weighted by Gasteiger charge is 2.13. The highest BCUT2D eigenvalue weighted by molar-refractivity contribution is 5.73. The first kappa shape index (κ1) is 19.4. The fraction of sp³-hybridized carbons (Fsp3) is 0.409. The normalized spacial score (nSPS) is 14.7. The van der Waals surface area contributed by atoms with Crippen LogP contribution < -0.4 is 10.6 Å². The quantitative estimate of drug-likeness (QED) is 0.825. The zero-order valence-electron chi connectivity index (χ0n) is 16.3. The van der Waals surface area contributed by atoms with Gasteiger partial charge in [0, 0.05) is 32.7 Å². The van der Waals surface area contributed by atoms with Gasteiger partial charge in [-0.15, -0.1) is 0 Å². The van der Waals surface area contributed by atoms with Crippen LogP contribution in [0.2, 0.25) is 0 Å². The first-order chi connectivity index (χ1) is 13.1. The summed E-state index contributed by atoms with van der Waals surface area (Å²) in [6, 6.07) is 14.4. The van der Waals surface area contributed by atoms with E-state index in [4.69, 9.17) is 4.74 Å². The van der Waals surface area contributed by atoms with Gasteiger partial charge in [0.2, 0.25) is 0 Å².